The van der Waals surface area contributed by atoms with Crippen LogP contribution in [0.1, 0.15) is 5.56 Å². The second-order valence-corrected chi connectivity index (χ2v) is 5.14. The Hall–Kier alpha value is -3.86. The Morgan fingerprint density at radius 3 is 2.52 bits per heavy atom. The first-order chi connectivity index (χ1) is 12.2. The summed E-state index contributed by atoms with van der Waals surface area (Å²) in [5.41, 5.74) is 2.33. The predicted octanol–water partition coefficient (Wildman–Crippen LogP) is 3.00. The van der Waals surface area contributed by atoms with E-state index in [0.717, 1.165) is 0 Å². The van der Waals surface area contributed by atoms with E-state index >= 15 is 0 Å². The molecule has 2 aromatic carbocycles. The third kappa shape index (κ3) is 2.86. The zero-order chi connectivity index (χ0) is 17.2. The van der Waals surface area contributed by atoms with E-state index in [1.807, 2.05) is 6.07 Å². The number of hydrogen-bond acceptors (Lipinski definition) is 6. The topological polar surface area (TPSA) is 93.4 Å². The van der Waals surface area contributed by atoms with Crippen molar-refractivity contribution in [1.29, 1.82) is 5.26 Å². The van der Waals surface area contributed by atoms with E-state index in [2.05, 4.69) is 20.5 Å². The maximum Gasteiger partial charge on any atom is 0.258 e. The van der Waals surface area contributed by atoms with Crippen LogP contribution in [-0.2, 0) is 0 Å². The molecule has 8 heteroatoms. The van der Waals surface area contributed by atoms with Gasteiger partial charge in [0, 0.05) is 5.56 Å². The Morgan fingerprint density at radius 2 is 1.80 bits per heavy atom. The van der Waals surface area contributed by atoms with Crippen molar-refractivity contribution in [2.75, 3.05) is 0 Å². The molecule has 0 saturated heterocycles. The molecule has 0 radical (unpaired) electrons. The maximum atomic E-state index is 13.0. The zero-order valence-corrected chi connectivity index (χ0v) is 12.7. The van der Waals surface area contributed by atoms with Gasteiger partial charge in [0.25, 0.3) is 5.89 Å². The Balaban J connectivity index is 1.62. The van der Waals surface area contributed by atoms with Gasteiger partial charge in [-0.15, -0.1) is 5.10 Å². The first kappa shape index (κ1) is 14.7. The van der Waals surface area contributed by atoms with Crippen LogP contribution in [0, 0.1) is 17.1 Å². The summed E-state index contributed by atoms with van der Waals surface area (Å²) in [4.78, 5) is 4.29. The Kier molecular flexibility index (Phi) is 3.52. The molecule has 0 saturated carbocycles. The van der Waals surface area contributed by atoms with Crippen molar-refractivity contribution in [1.82, 2.24) is 25.1 Å². The second kappa shape index (κ2) is 5.98. The molecule has 7 nitrogen and oxygen atoms in total. The van der Waals surface area contributed by atoms with E-state index in [1.165, 1.54) is 16.8 Å². The Labute approximate surface area is 141 Å². The third-order valence-electron chi connectivity index (χ3n) is 3.50. The summed E-state index contributed by atoms with van der Waals surface area (Å²) in [6.07, 6.45) is 1.63. The van der Waals surface area contributed by atoms with Crippen molar-refractivity contribution in [2.24, 2.45) is 0 Å². The lowest BCUT2D eigenvalue weighted by Gasteiger charge is -1.97. The van der Waals surface area contributed by atoms with E-state index in [-0.39, 0.29) is 11.6 Å². The van der Waals surface area contributed by atoms with Crippen LogP contribution in [0.5, 0.6) is 0 Å². The standard InChI is InChI=1S/C17H9FN6O/c18-13-5-7-14(8-6-13)24-10-15(21-23-24)16-20-17(25-22-16)12-3-1-11(9-19)2-4-12/h1-8,10H. The van der Waals surface area contributed by atoms with Gasteiger partial charge in [0.1, 0.15) is 5.82 Å². The van der Waals surface area contributed by atoms with Crippen molar-refractivity contribution in [3.63, 3.8) is 0 Å². The number of nitriles is 1. The van der Waals surface area contributed by atoms with Gasteiger partial charge in [0.2, 0.25) is 5.82 Å². The number of hydrogen-bond donors (Lipinski definition) is 0. The molecule has 0 amide bonds. The molecule has 0 atom stereocenters. The molecular formula is C17H9FN6O. The smallest absolute Gasteiger partial charge is 0.258 e. The van der Waals surface area contributed by atoms with E-state index < -0.39 is 0 Å². The SMILES string of the molecule is N#Cc1ccc(-c2nc(-c3cn(-c4ccc(F)cc4)nn3)no2)cc1. The average molecular weight is 332 g/mol. The molecule has 0 N–H and O–H groups in total. The molecule has 0 aliphatic rings. The normalized spacial score (nSPS) is 10.6. The van der Waals surface area contributed by atoms with Gasteiger partial charge in [-0.05, 0) is 48.5 Å². The van der Waals surface area contributed by atoms with Gasteiger partial charge in [-0.3, -0.25) is 0 Å². The molecule has 0 bridgehead atoms. The lowest BCUT2D eigenvalue weighted by molar-refractivity contribution is 0.432. The fourth-order valence-corrected chi connectivity index (χ4v) is 2.22. The third-order valence-corrected chi connectivity index (χ3v) is 3.50. The summed E-state index contributed by atoms with van der Waals surface area (Å²) in [5, 5.41) is 20.7. The van der Waals surface area contributed by atoms with Crippen molar-refractivity contribution in [2.45, 2.75) is 0 Å². The molecule has 4 aromatic rings. The van der Waals surface area contributed by atoms with Gasteiger partial charge >= 0.3 is 0 Å². The minimum absolute atomic E-state index is 0.285. The highest BCUT2D eigenvalue weighted by molar-refractivity contribution is 5.58. The van der Waals surface area contributed by atoms with Crippen LogP contribution in [0.2, 0.25) is 0 Å². The van der Waals surface area contributed by atoms with Gasteiger partial charge in [0.15, 0.2) is 5.69 Å². The van der Waals surface area contributed by atoms with Crippen molar-refractivity contribution in [3.8, 4) is 34.7 Å². The van der Waals surface area contributed by atoms with Crippen LogP contribution in [0.3, 0.4) is 0 Å². The number of benzene rings is 2. The molecule has 25 heavy (non-hydrogen) atoms. The molecular weight excluding hydrogens is 323 g/mol. The minimum atomic E-state index is -0.325. The summed E-state index contributed by atoms with van der Waals surface area (Å²) >= 11 is 0. The lowest BCUT2D eigenvalue weighted by Crippen LogP contribution is -1.94. The second-order valence-electron chi connectivity index (χ2n) is 5.14. The number of halogens is 1. The number of aromatic nitrogens is 5. The van der Waals surface area contributed by atoms with E-state index in [1.54, 1.807) is 42.6 Å². The summed E-state index contributed by atoms with van der Waals surface area (Å²) < 4.78 is 19.7. The average Bonchev–Trinajstić information content (AvgIpc) is 3.32. The molecule has 0 aliphatic heterocycles. The van der Waals surface area contributed by atoms with Gasteiger partial charge in [-0.25, -0.2) is 9.07 Å². The molecule has 0 unspecified atom stereocenters. The maximum absolute atomic E-state index is 13.0. The fourth-order valence-electron chi connectivity index (χ4n) is 2.22. The summed E-state index contributed by atoms with van der Waals surface area (Å²) in [7, 11) is 0. The Bertz CT molecular complexity index is 1060. The molecule has 0 fully saturated rings. The van der Waals surface area contributed by atoms with Gasteiger partial charge < -0.3 is 4.52 Å². The fraction of sp³-hybridized carbons (Fsp3) is 0. The lowest BCUT2D eigenvalue weighted by atomic mass is 10.1. The van der Waals surface area contributed by atoms with Gasteiger partial charge in [-0.2, -0.15) is 10.2 Å². The van der Waals surface area contributed by atoms with E-state index in [0.29, 0.717) is 28.4 Å². The largest absolute Gasteiger partial charge is 0.334 e. The van der Waals surface area contributed by atoms with Crippen LogP contribution >= 0.6 is 0 Å². The number of nitrogens with zero attached hydrogens (tertiary/aromatic N) is 6. The molecule has 0 aliphatic carbocycles. The van der Waals surface area contributed by atoms with Crippen molar-refractivity contribution < 1.29 is 8.91 Å². The van der Waals surface area contributed by atoms with Crippen LogP contribution in [0.25, 0.3) is 28.7 Å². The predicted molar refractivity (Wildman–Crippen MR) is 84.8 cm³/mol. The van der Waals surface area contributed by atoms with Crippen LogP contribution in [0.4, 0.5) is 4.39 Å². The molecule has 4 rings (SSSR count). The highest BCUT2D eigenvalue weighted by atomic mass is 19.1. The summed E-state index contributed by atoms with van der Waals surface area (Å²) in [6.45, 7) is 0. The van der Waals surface area contributed by atoms with Gasteiger partial charge in [-0.1, -0.05) is 10.4 Å². The first-order valence-corrected chi connectivity index (χ1v) is 7.26. The highest BCUT2D eigenvalue weighted by Gasteiger charge is 2.14. The molecule has 0 spiro atoms. The zero-order valence-electron chi connectivity index (χ0n) is 12.7. The highest BCUT2D eigenvalue weighted by Crippen LogP contribution is 2.21. The molecule has 2 heterocycles. The molecule has 120 valence electrons. The van der Waals surface area contributed by atoms with Crippen LogP contribution in [0.15, 0.2) is 59.3 Å². The minimum Gasteiger partial charge on any atom is -0.334 e. The number of rotatable bonds is 3. The monoisotopic (exact) mass is 332 g/mol. The van der Waals surface area contributed by atoms with Crippen LogP contribution in [-0.4, -0.2) is 25.1 Å². The van der Waals surface area contributed by atoms with Crippen molar-refractivity contribution in [3.05, 3.63) is 66.1 Å². The summed E-state index contributed by atoms with van der Waals surface area (Å²) in [6, 6.07) is 14.7. The van der Waals surface area contributed by atoms with Gasteiger partial charge in [0.05, 0.1) is 23.5 Å². The van der Waals surface area contributed by atoms with E-state index in [9.17, 15) is 4.39 Å². The molecule has 2 aromatic heterocycles. The quantitative estimate of drug-likeness (QED) is 0.572. The Morgan fingerprint density at radius 1 is 1.04 bits per heavy atom. The van der Waals surface area contributed by atoms with Crippen LogP contribution < -0.4 is 0 Å². The van der Waals surface area contributed by atoms with E-state index in [4.69, 9.17) is 9.78 Å². The first-order valence-electron chi connectivity index (χ1n) is 7.26. The van der Waals surface area contributed by atoms with Crippen molar-refractivity contribution >= 4 is 0 Å². The summed E-state index contributed by atoms with van der Waals surface area (Å²) in [5.74, 6) is 0.276.